The Morgan fingerprint density at radius 2 is 1.82 bits per heavy atom. The molecule has 1 aliphatic rings. The van der Waals surface area contributed by atoms with Crippen molar-refractivity contribution in [3.05, 3.63) is 71.2 Å². The maximum Gasteiger partial charge on any atom is 0.416 e. The van der Waals surface area contributed by atoms with E-state index in [9.17, 15) is 18.0 Å². The van der Waals surface area contributed by atoms with E-state index in [1.807, 2.05) is 0 Å². The van der Waals surface area contributed by atoms with Crippen LogP contribution in [0, 0.1) is 0 Å². The number of hydrogen-bond donors (Lipinski definition) is 1. The van der Waals surface area contributed by atoms with Crippen LogP contribution in [0.5, 0.6) is 0 Å². The highest BCUT2D eigenvalue weighted by Gasteiger charge is 2.30. The van der Waals surface area contributed by atoms with Gasteiger partial charge in [0.25, 0.3) is 5.91 Å². The average molecular weight is 305 g/mol. The molecular formula is C16H10F3NO2. The van der Waals surface area contributed by atoms with Gasteiger partial charge >= 0.3 is 6.18 Å². The molecule has 112 valence electrons. The van der Waals surface area contributed by atoms with E-state index in [1.165, 1.54) is 18.4 Å². The first-order chi connectivity index (χ1) is 10.4. The molecule has 1 aromatic carbocycles. The summed E-state index contributed by atoms with van der Waals surface area (Å²) < 4.78 is 42.7. The molecule has 0 spiro atoms. The predicted molar refractivity (Wildman–Crippen MR) is 74.2 cm³/mol. The fraction of sp³-hybridized carbons (Fsp3) is 0.0625. The summed E-state index contributed by atoms with van der Waals surface area (Å²) in [6.45, 7) is 0. The van der Waals surface area contributed by atoms with Crippen LogP contribution < -0.4 is 5.32 Å². The van der Waals surface area contributed by atoms with E-state index >= 15 is 0 Å². The average Bonchev–Trinajstić information content (AvgIpc) is 3.09. The Morgan fingerprint density at radius 3 is 2.41 bits per heavy atom. The van der Waals surface area contributed by atoms with Crippen molar-refractivity contribution >= 4 is 17.7 Å². The Balaban J connectivity index is 1.88. The van der Waals surface area contributed by atoms with Crippen molar-refractivity contribution in [2.24, 2.45) is 0 Å². The number of furan rings is 1. The first-order valence-electron chi connectivity index (χ1n) is 6.39. The van der Waals surface area contributed by atoms with Crippen LogP contribution in [-0.4, -0.2) is 5.91 Å². The van der Waals surface area contributed by atoms with Gasteiger partial charge in [-0.05, 0) is 42.0 Å². The Kier molecular flexibility index (Phi) is 3.36. The molecule has 0 unspecified atom stereocenters. The maximum atomic E-state index is 12.5. The van der Waals surface area contributed by atoms with E-state index in [-0.39, 0.29) is 5.91 Å². The summed E-state index contributed by atoms with van der Waals surface area (Å²) >= 11 is 0. The zero-order valence-electron chi connectivity index (χ0n) is 11.1. The third kappa shape index (κ3) is 2.81. The van der Waals surface area contributed by atoms with Crippen molar-refractivity contribution in [1.82, 2.24) is 5.32 Å². The molecular weight excluding hydrogens is 295 g/mol. The fourth-order valence-corrected chi connectivity index (χ4v) is 2.08. The van der Waals surface area contributed by atoms with Crippen molar-refractivity contribution in [2.75, 3.05) is 0 Å². The second-order valence-electron chi connectivity index (χ2n) is 4.70. The monoisotopic (exact) mass is 305 g/mol. The number of carbonyl (C=O) groups is 1. The number of alkyl halides is 3. The Hall–Kier alpha value is -2.76. The number of rotatable bonds is 2. The van der Waals surface area contributed by atoms with Crippen molar-refractivity contribution in [3.8, 4) is 0 Å². The summed E-state index contributed by atoms with van der Waals surface area (Å²) in [4.78, 5) is 11.9. The van der Waals surface area contributed by atoms with Crippen LogP contribution >= 0.6 is 0 Å². The topological polar surface area (TPSA) is 42.2 Å². The van der Waals surface area contributed by atoms with Crippen LogP contribution in [0.2, 0.25) is 0 Å². The van der Waals surface area contributed by atoms with E-state index in [0.717, 1.165) is 12.1 Å². The van der Waals surface area contributed by atoms with E-state index in [4.69, 9.17) is 4.42 Å². The van der Waals surface area contributed by atoms with Gasteiger partial charge in [0.15, 0.2) is 0 Å². The lowest BCUT2D eigenvalue weighted by Crippen LogP contribution is -2.16. The predicted octanol–water partition coefficient (Wildman–Crippen LogP) is 3.85. The van der Waals surface area contributed by atoms with Gasteiger partial charge in [-0.3, -0.25) is 4.79 Å². The molecule has 0 radical (unpaired) electrons. The highest BCUT2D eigenvalue weighted by atomic mass is 19.4. The summed E-state index contributed by atoms with van der Waals surface area (Å²) in [7, 11) is 0. The Bertz CT molecular complexity index is 754. The molecule has 2 heterocycles. The van der Waals surface area contributed by atoms with Gasteiger partial charge < -0.3 is 9.73 Å². The molecule has 0 fully saturated rings. The number of nitrogens with one attached hydrogen (secondary N) is 1. The summed E-state index contributed by atoms with van der Waals surface area (Å²) in [6.07, 6.45) is 0.246. The molecule has 0 saturated heterocycles. The molecule has 0 bridgehead atoms. The van der Waals surface area contributed by atoms with Gasteiger partial charge in [0.2, 0.25) is 0 Å². The van der Waals surface area contributed by atoms with Crippen LogP contribution in [-0.2, 0) is 11.0 Å². The molecule has 3 nitrogen and oxygen atoms in total. The second kappa shape index (κ2) is 5.22. The molecule has 1 aliphatic heterocycles. The number of amides is 1. The second-order valence-corrected chi connectivity index (χ2v) is 4.70. The van der Waals surface area contributed by atoms with Crippen molar-refractivity contribution < 1.29 is 22.4 Å². The molecule has 0 atom stereocenters. The number of hydrogen-bond acceptors (Lipinski definition) is 2. The minimum atomic E-state index is -4.38. The highest BCUT2D eigenvalue weighted by Crippen LogP contribution is 2.30. The Labute approximate surface area is 123 Å². The smallest absolute Gasteiger partial charge is 0.416 e. The summed E-state index contributed by atoms with van der Waals surface area (Å²) in [5, 5.41) is 2.62. The van der Waals surface area contributed by atoms with Crippen LogP contribution in [0.1, 0.15) is 16.9 Å². The lowest BCUT2D eigenvalue weighted by atomic mass is 10.1. The molecule has 1 aromatic heterocycles. The zero-order chi connectivity index (χ0) is 15.7. The molecule has 6 heteroatoms. The molecule has 22 heavy (non-hydrogen) atoms. The van der Waals surface area contributed by atoms with Gasteiger partial charge in [-0.15, -0.1) is 0 Å². The van der Waals surface area contributed by atoms with Gasteiger partial charge in [0.05, 0.1) is 11.8 Å². The molecule has 1 N–H and O–H groups in total. The first-order valence-corrected chi connectivity index (χ1v) is 6.39. The van der Waals surface area contributed by atoms with E-state index in [2.05, 4.69) is 5.32 Å². The van der Waals surface area contributed by atoms with E-state index in [1.54, 1.807) is 24.3 Å². The SMILES string of the molecule is O=C1NC(c2ccc(C(F)(F)F)cc2)=CC1=Cc1ccco1. The summed E-state index contributed by atoms with van der Waals surface area (Å²) in [6, 6.07) is 8.01. The van der Waals surface area contributed by atoms with Gasteiger partial charge in [0.1, 0.15) is 5.76 Å². The fourth-order valence-electron chi connectivity index (χ4n) is 2.08. The highest BCUT2D eigenvalue weighted by molar-refractivity contribution is 6.10. The Morgan fingerprint density at radius 1 is 1.09 bits per heavy atom. The standard InChI is InChI=1S/C16H10F3NO2/c17-16(18,19)12-5-3-10(4-6-12)14-9-11(15(21)20-14)8-13-2-1-7-22-13/h1-9H,(H,20,21). The van der Waals surface area contributed by atoms with Crippen LogP contribution in [0.25, 0.3) is 11.8 Å². The van der Waals surface area contributed by atoms with Crippen LogP contribution in [0.3, 0.4) is 0 Å². The lowest BCUT2D eigenvalue weighted by Gasteiger charge is -2.08. The minimum absolute atomic E-state index is 0.328. The molecule has 1 amide bonds. The first kappa shape index (κ1) is 14.2. The van der Waals surface area contributed by atoms with Crippen molar-refractivity contribution in [1.29, 1.82) is 0 Å². The molecule has 0 saturated carbocycles. The maximum absolute atomic E-state index is 12.5. The number of benzene rings is 1. The third-order valence-corrected chi connectivity index (χ3v) is 3.17. The summed E-state index contributed by atoms with van der Waals surface area (Å²) in [5.74, 6) is 0.196. The quantitative estimate of drug-likeness (QED) is 0.856. The minimum Gasteiger partial charge on any atom is -0.465 e. The lowest BCUT2D eigenvalue weighted by molar-refractivity contribution is -0.137. The normalized spacial score (nSPS) is 16.8. The number of halogens is 3. The van der Waals surface area contributed by atoms with Gasteiger partial charge in [-0.1, -0.05) is 12.1 Å². The van der Waals surface area contributed by atoms with E-state index in [0.29, 0.717) is 22.6 Å². The van der Waals surface area contributed by atoms with Gasteiger partial charge in [-0.25, -0.2) is 0 Å². The van der Waals surface area contributed by atoms with Crippen molar-refractivity contribution in [3.63, 3.8) is 0 Å². The molecule has 3 rings (SSSR count). The van der Waals surface area contributed by atoms with Crippen LogP contribution in [0.4, 0.5) is 13.2 Å². The van der Waals surface area contributed by atoms with Gasteiger partial charge in [0, 0.05) is 11.3 Å². The number of carbonyl (C=O) groups excluding carboxylic acids is 1. The summed E-state index contributed by atoms with van der Waals surface area (Å²) in [5.41, 5.74) is 0.609. The largest absolute Gasteiger partial charge is 0.465 e. The zero-order valence-corrected chi connectivity index (χ0v) is 11.1. The van der Waals surface area contributed by atoms with Crippen LogP contribution in [0.15, 0.2) is 58.7 Å². The van der Waals surface area contributed by atoms with Gasteiger partial charge in [-0.2, -0.15) is 13.2 Å². The molecule has 0 aliphatic carbocycles. The van der Waals surface area contributed by atoms with E-state index < -0.39 is 11.7 Å². The van der Waals surface area contributed by atoms with Crippen molar-refractivity contribution in [2.45, 2.75) is 6.18 Å². The molecule has 2 aromatic rings. The third-order valence-electron chi connectivity index (χ3n) is 3.17.